The van der Waals surface area contributed by atoms with E-state index in [-0.39, 0.29) is 88.2 Å². The zero-order valence-electron chi connectivity index (χ0n) is 15.3. The minimum Gasteiger partial charge on any atom is -0.507 e. The van der Waals surface area contributed by atoms with Gasteiger partial charge in [0.1, 0.15) is 17.3 Å². The van der Waals surface area contributed by atoms with Crippen molar-refractivity contribution in [3.8, 4) is 11.5 Å². The Balaban J connectivity index is 0.00000169. The van der Waals surface area contributed by atoms with Crippen molar-refractivity contribution in [3.05, 3.63) is 71.8 Å². The summed E-state index contributed by atoms with van der Waals surface area (Å²) in [5, 5.41) is 19.5. The standard InChI is InChI=1S/C21H20O3.2Na/c22-19-7-3-1-5-15(19)9-11-17-13-14-18(21(17)24)12-10-16-6-2-4-8-20(16)23;;/h1-12,17-18,22-23H,13-14H2;;/b11-9+,12-10+;;. The Morgan fingerprint density at radius 3 is 1.50 bits per heavy atom. The summed E-state index contributed by atoms with van der Waals surface area (Å²) >= 11 is 0. The van der Waals surface area contributed by atoms with E-state index < -0.39 is 0 Å². The van der Waals surface area contributed by atoms with Gasteiger partial charge in [0.05, 0.1) is 0 Å². The fourth-order valence-corrected chi connectivity index (χ4v) is 3.00. The van der Waals surface area contributed by atoms with Gasteiger partial charge in [-0.25, -0.2) is 0 Å². The van der Waals surface area contributed by atoms with E-state index in [1.165, 1.54) is 0 Å². The van der Waals surface area contributed by atoms with E-state index in [2.05, 4.69) is 0 Å². The number of hydrogen-bond acceptors (Lipinski definition) is 3. The predicted octanol–water partition coefficient (Wildman–Crippen LogP) is 3.66. The van der Waals surface area contributed by atoms with Crippen molar-refractivity contribution >= 4 is 77.0 Å². The van der Waals surface area contributed by atoms with E-state index in [1.54, 1.807) is 24.3 Å². The van der Waals surface area contributed by atoms with E-state index in [0.29, 0.717) is 0 Å². The van der Waals surface area contributed by atoms with Gasteiger partial charge in [-0.15, -0.1) is 0 Å². The molecule has 0 amide bonds. The smallest absolute Gasteiger partial charge is 0.146 e. The number of aromatic hydroxyl groups is 2. The number of phenolic OH excluding ortho intramolecular Hbond substituents is 2. The molecule has 1 aliphatic rings. The molecule has 1 aliphatic carbocycles. The summed E-state index contributed by atoms with van der Waals surface area (Å²) in [5.74, 6) is 0.381. The molecule has 0 bridgehead atoms. The minimum atomic E-state index is -0.122. The molecule has 0 saturated heterocycles. The average Bonchev–Trinajstić information content (AvgIpc) is 2.94. The summed E-state index contributed by atoms with van der Waals surface area (Å²) in [4.78, 5) is 12.5. The molecule has 2 aromatic rings. The molecule has 0 aromatic heterocycles. The SMILES string of the molecule is O=C1C(/C=C/c2ccccc2O)CCC1/C=C/c1ccccc1O.[Na].[Na]. The number of Topliss-reactive ketones (excluding diaryl/α,β-unsaturated/α-hetero) is 1. The van der Waals surface area contributed by atoms with Crippen molar-refractivity contribution in [2.24, 2.45) is 11.8 Å². The molecule has 26 heavy (non-hydrogen) atoms. The van der Waals surface area contributed by atoms with Crippen LogP contribution >= 0.6 is 0 Å². The normalized spacial score (nSPS) is 19.5. The van der Waals surface area contributed by atoms with Crippen LogP contribution in [0.15, 0.2) is 60.7 Å². The maximum Gasteiger partial charge on any atom is 0.146 e. The first-order valence-corrected chi connectivity index (χ1v) is 8.11. The Kier molecular flexibility index (Phi) is 9.94. The number of allylic oxidation sites excluding steroid dienone is 2. The zero-order valence-corrected chi connectivity index (χ0v) is 19.3. The number of ketones is 1. The molecule has 1 saturated carbocycles. The number of para-hydroxylation sites is 2. The second-order valence-corrected chi connectivity index (χ2v) is 6.03. The van der Waals surface area contributed by atoms with Gasteiger partial charge in [-0.3, -0.25) is 4.79 Å². The third-order valence-corrected chi connectivity index (χ3v) is 4.41. The van der Waals surface area contributed by atoms with Gasteiger partial charge in [-0.2, -0.15) is 0 Å². The van der Waals surface area contributed by atoms with Crippen molar-refractivity contribution in [3.63, 3.8) is 0 Å². The monoisotopic (exact) mass is 366 g/mol. The van der Waals surface area contributed by atoms with Gasteiger partial charge in [0.15, 0.2) is 0 Å². The fraction of sp³-hybridized carbons (Fsp3) is 0.190. The second kappa shape index (κ2) is 11.1. The van der Waals surface area contributed by atoms with E-state index in [1.807, 2.05) is 48.6 Å². The predicted molar refractivity (Wildman–Crippen MR) is 107 cm³/mol. The van der Waals surface area contributed by atoms with Crippen LogP contribution < -0.4 is 0 Å². The molecule has 1 fully saturated rings. The Bertz CT molecular complexity index is 734. The van der Waals surface area contributed by atoms with Gasteiger partial charge < -0.3 is 10.2 Å². The van der Waals surface area contributed by atoms with Gasteiger partial charge >= 0.3 is 0 Å². The molecule has 0 spiro atoms. The largest absolute Gasteiger partial charge is 0.507 e. The quantitative estimate of drug-likeness (QED) is 0.812. The van der Waals surface area contributed by atoms with Crippen LogP contribution in [0.4, 0.5) is 0 Å². The molecule has 5 heteroatoms. The van der Waals surface area contributed by atoms with Crippen molar-refractivity contribution in [1.82, 2.24) is 0 Å². The molecular formula is C21H20Na2O3. The van der Waals surface area contributed by atoms with Crippen LogP contribution in [0.1, 0.15) is 24.0 Å². The van der Waals surface area contributed by atoms with Gasteiger partial charge in [0.25, 0.3) is 0 Å². The minimum absolute atomic E-state index is 0. The molecule has 2 radical (unpaired) electrons. The van der Waals surface area contributed by atoms with Crippen LogP contribution in [0, 0.1) is 11.8 Å². The second-order valence-electron chi connectivity index (χ2n) is 6.03. The van der Waals surface area contributed by atoms with Crippen LogP contribution in [-0.2, 0) is 4.79 Å². The molecule has 2 atom stereocenters. The number of rotatable bonds is 4. The number of hydrogen-bond donors (Lipinski definition) is 2. The summed E-state index contributed by atoms with van der Waals surface area (Å²) in [6.45, 7) is 0. The summed E-state index contributed by atoms with van der Waals surface area (Å²) in [6.07, 6.45) is 8.99. The fourth-order valence-electron chi connectivity index (χ4n) is 3.00. The summed E-state index contributed by atoms with van der Waals surface area (Å²) in [5.41, 5.74) is 1.44. The van der Waals surface area contributed by atoms with E-state index in [0.717, 1.165) is 24.0 Å². The van der Waals surface area contributed by atoms with E-state index in [4.69, 9.17) is 0 Å². The van der Waals surface area contributed by atoms with E-state index in [9.17, 15) is 15.0 Å². The Hall–Kier alpha value is -0.810. The molecular weight excluding hydrogens is 346 g/mol. The first-order valence-electron chi connectivity index (χ1n) is 8.11. The van der Waals surface area contributed by atoms with Crippen molar-refractivity contribution in [2.45, 2.75) is 12.8 Å². The number of phenols is 2. The first kappa shape index (κ1) is 23.2. The van der Waals surface area contributed by atoms with Crippen LogP contribution in [0.3, 0.4) is 0 Å². The molecule has 2 N–H and O–H groups in total. The van der Waals surface area contributed by atoms with Crippen LogP contribution in [-0.4, -0.2) is 75.1 Å². The number of carbonyl (C=O) groups is 1. The third kappa shape index (κ3) is 5.85. The molecule has 0 aliphatic heterocycles. The Morgan fingerprint density at radius 1 is 0.731 bits per heavy atom. The van der Waals surface area contributed by atoms with E-state index >= 15 is 0 Å². The summed E-state index contributed by atoms with van der Waals surface area (Å²) in [7, 11) is 0. The topological polar surface area (TPSA) is 57.5 Å². The molecule has 124 valence electrons. The maximum atomic E-state index is 12.5. The van der Waals surface area contributed by atoms with Crippen molar-refractivity contribution in [1.29, 1.82) is 0 Å². The summed E-state index contributed by atoms with van der Waals surface area (Å²) in [6, 6.07) is 14.2. The molecule has 3 nitrogen and oxygen atoms in total. The van der Waals surface area contributed by atoms with Gasteiger partial charge in [0.2, 0.25) is 0 Å². The van der Waals surface area contributed by atoms with Gasteiger partial charge in [-0.1, -0.05) is 60.7 Å². The number of benzene rings is 2. The van der Waals surface area contributed by atoms with Crippen molar-refractivity contribution in [2.75, 3.05) is 0 Å². The Morgan fingerprint density at radius 2 is 1.12 bits per heavy atom. The Labute approximate surface area is 198 Å². The van der Waals surface area contributed by atoms with Gasteiger partial charge in [0, 0.05) is 82.1 Å². The molecule has 3 rings (SSSR count). The van der Waals surface area contributed by atoms with Crippen LogP contribution in [0.5, 0.6) is 11.5 Å². The first-order chi connectivity index (χ1) is 11.6. The zero-order chi connectivity index (χ0) is 16.9. The molecule has 0 heterocycles. The number of carbonyl (C=O) groups excluding carboxylic acids is 1. The third-order valence-electron chi connectivity index (χ3n) is 4.41. The van der Waals surface area contributed by atoms with Crippen LogP contribution in [0.25, 0.3) is 12.2 Å². The average molecular weight is 366 g/mol. The summed E-state index contributed by atoms with van der Waals surface area (Å²) < 4.78 is 0. The van der Waals surface area contributed by atoms with Gasteiger partial charge in [-0.05, 0) is 25.0 Å². The molecule has 2 unspecified atom stereocenters. The van der Waals surface area contributed by atoms with Crippen LogP contribution in [0.2, 0.25) is 0 Å². The van der Waals surface area contributed by atoms with Crippen molar-refractivity contribution < 1.29 is 15.0 Å². The maximum absolute atomic E-state index is 12.5. The molecule has 2 aromatic carbocycles.